The van der Waals surface area contributed by atoms with Gasteiger partial charge in [-0.3, -0.25) is 15.2 Å². The molecule has 2 aromatic carbocycles. The van der Waals surface area contributed by atoms with Crippen molar-refractivity contribution in [1.29, 1.82) is 0 Å². The molecule has 1 heterocycles. The van der Waals surface area contributed by atoms with Crippen molar-refractivity contribution in [2.24, 2.45) is 0 Å². The van der Waals surface area contributed by atoms with Gasteiger partial charge in [0.15, 0.2) is 17.3 Å². The van der Waals surface area contributed by atoms with E-state index in [1.54, 1.807) is 34.5 Å². The Hall–Kier alpha value is -3.75. The molecule has 0 spiro atoms. The Balaban J connectivity index is 1.67. The van der Waals surface area contributed by atoms with Crippen LogP contribution in [0.15, 0.2) is 36.4 Å². The second-order valence-electron chi connectivity index (χ2n) is 6.25. The lowest BCUT2D eigenvalue weighted by molar-refractivity contribution is -0.116. The van der Waals surface area contributed by atoms with Crippen LogP contribution in [0.4, 0.5) is 5.95 Å². The predicted octanol–water partition coefficient (Wildman–Crippen LogP) is 3.08. The average Bonchev–Trinajstić information content (AvgIpc) is 3.24. The molecule has 158 valence electrons. The first kappa shape index (κ1) is 21.0. The Morgan fingerprint density at radius 2 is 1.67 bits per heavy atom. The van der Waals surface area contributed by atoms with Gasteiger partial charge in [-0.15, -0.1) is 5.10 Å². The van der Waals surface area contributed by atoms with Crippen molar-refractivity contribution in [1.82, 2.24) is 15.2 Å². The van der Waals surface area contributed by atoms with E-state index in [0.717, 1.165) is 11.1 Å². The van der Waals surface area contributed by atoms with Gasteiger partial charge in [-0.2, -0.15) is 4.98 Å². The molecular weight excluding hydrogens is 388 g/mol. The minimum absolute atomic E-state index is 0.195. The van der Waals surface area contributed by atoms with E-state index in [4.69, 9.17) is 18.9 Å². The van der Waals surface area contributed by atoms with Gasteiger partial charge in [-0.1, -0.05) is 18.2 Å². The molecule has 0 aliphatic rings. The van der Waals surface area contributed by atoms with Crippen LogP contribution in [0.5, 0.6) is 23.0 Å². The highest BCUT2D eigenvalue weighted by atomic mass is 16.5. The first-order valence-corrected chi connectivity index (χ1v) is 9.24. The maximum absolute atomic E-state index is 12.4. The SMILES string of the molecule is COc1ccccc1-c1nc(NC(=O)CCc2ccc(OC)c(OC)c2OC)n[nH]1. The number of benzene rings is 2. The van der Waals surface area contributed by atoms with Crippen LogP contribution in [0.25, 0.3) is 11.4 Å². The molecule has 9 nitrogen and oxygen atoms in total. The van der Waals surface area contributed by atoms with Gasteiger partial charge >= 0.3 is 0 Å². The summed E-state index contributed by atoms with van der Waals surface area (Å²) in [6.45, 7) is 0. The number of nitrogens with zero attached hydrogens (tertiary/aromatic N) is 2. The number of amides is 1. The number of anilines is 1. The molecular formula is C21H24N4O5. The summed E-state index contributed by atoms with van der Waals surface area (Å²) in [5.74, 6) is 2.73. The minimum atomic E-state index is -0.225. The molecule has 0 bridgehead atoms. The average molecular weight is 412 g/mol. The number of aryl methyl sites for hydroxylation is 1. The van der Waals surface area contributed by atoms with Crippen molar-refractivity contribution in [2.75, 3.05) is 33.8 Å². The summed E-state index contributed by atoms with van der Waals surface area (Å²) in [5, 5.41) is 9.58. The summed E-state index contributed by atoms with van der Waals surface area (Å²) >= 11 is 0. The topological polar surface area (TPSA) is 108 Å². The number of hydrogen-bond acceptors (Lipinski definition) is 7. The lowest BCUT2D eigenvalue weighted by atomic mass is 10.1. The van der Waals surface area contributed by atoms with Gasteiger partial charge in [-0.25, -0.2) is 0 Å². The van der Waals surface area contributed by atoms with Crippen molar-refractivity contribution >= 4 is 11.9 Å². The molecule has 1 amide bonds. The van der Waals surface area contributed by atoms with Crippen LogP contribution in [0.2, 0.25) is 0 Å². The smallest absolute Gasteiger partial charge is 0.249 e. The number of H-pyrrole nitrogens is 1. The van der Waals surface area contributed by atoms with Crippen LogP contribution in [-0.2, 0) is 11.2 Å². The van der Waals surface area contributed by atoms with E-state index in [9.17, 15) is 4.79 Å². The second kappa shape index (κ2) is 9.64. The molecule has 0 aliphatic carbocycles. The number of carbonyl (C=O) groups is 1. The quantitative estimate of drug-likeness (QED) is 0.556. The van der Waals surface area contributed by atoms with Crippen molar-refractivity contribution in [3.63, 3.8) is 0 Å². The summed E-state index contributed by atoms with van der Waals surface area (Å²) < 4.78 is 21.4. The number of nitrogens with one attached hydrogen (secondary N) is 2. The fraction of sp³-hybridized carbons (Fsp3) is 0.286. The lowest BCUT2D eigenvalue weighted by Gasteiger charge is -2.15. The Morgan fingerprint density at radius 3 is 2.37 bits per heavy atom. The third kappa shape index (κ3) is 4.45. The zero-order chi connectivity index (χ0) is 21.5. The molecule has 0 fully saturated rings. The van der Waals surface area contributed by atoms with E-state index in [1.807, 2.05) is 30.3 Å². The van der Waals surface area contributed by atoms with Crippen molar-refractivity contribution in [3.05, 3.63) is 42.0 Å². The number of ether oxygens (including phenoxy) is 4. The molecule has 1 aromatic heterocycles. The highest BCUT2D eigenvalue weighted by Crippen LogP contribution is 2.40. The Kier molecular flexibility index (Phi) is 6.74. The third-order valence-electron chi connectivity index (χ3n) is 4.51. The van der Waals surface area contributed by atoms with Gasteiger partial charge in [0.25, 0.3) is 0 Å². The van der Waals surface area contributed by atoms with Crippen molar-refractivity contribution < 1.29 is 23.7 Å². The number of hydrogen-bond donors (Lipinski definition) is 2. The molecule has 0 saturated carbocycles. The number of aromatic amines is 1. The standard InChI is InChI=1S/C21H24N4O5/c1-27-15-8-6-5-7-14(15)20-23-21(25-24-20)22-17(26)12-10-13-9-11-16(28-2)19(30-4)18(13)29-3/h5-9,11H,10,12H2,1-4H3,(H2,22,23,24,25,26). The summed E-state index contributed by atoms with van der Waals surface area (Å²) in [4.78, 5) is 16.7. The fourth-order valence-electron chi connectivity index (χ4n) is 3.07. The number of para-hydroxylation sites is 1. The first-order chi connectivity index (χ1) is 14.6. The first-order valence-electron chi connectivity index (χ1n) is 9.24. The van der Waals surface area contributed by atoms with E-state index in [0.29, 0.717) is 35.2 Å². The van der Waals surface area contributed by atoms with E-state index < -0.39 is 0 Å². The molecule has 2 N–H and O–H groups in total. The van der Waals surface area contributed by atoms with E-state index in [1.165, 1.54) is 0 Å². The van der Waals surface area contributed by atoms with Crippen molar-refractivity contribution in [3.8, 4) is 34.4 Å². The number of methoxy groups -OCH3 is 4. The zero-order valence-electron chi connectivity index (χ0n) is 17.3. The molecule has 0 radical (unpaired) electrons. The van der Waals surface area contributed by atoms with Crippen LogP contribution in [-0.4, -0.2) is 49.5 Å². The molecule has 0 aliphatic heterocycles. The van der Waals surface area contributed by atoms with E-state index >= 15 is 0 Å². The van der Waals surface area contributed by atoms with Gasteiger partial charge in [-0.05, 0) is 30.2 Å². The van der Waals surface area contributed by atoms with Gasteiger partial charge in [0.1, 0.15) is 5.75 Å². The van der Waals surface area contributed by atoms with Gasteiger partial charge < -0.3 is 18.9 Å². The Labute approximate surface area is 174 Å². The van der Waals surface area contributed by atoms with Crippen LogP contribution in [0, 0.1) is 0 Å². The molecule has 0 atom stereocenters. The van der Waals surface area contributed by atoms with Gasteiger partial charge in [0.2, 0.25) is 17.6 Å². The van der Waals surface area contributed by atoms with E-state index in [-0.39, 0.29) is 18.3 Å². The number of aromatic nitrogens is 3. The Bertz CT molecular complexity index is 1020. The van der Waals surface area contributed by atoms with E-state index in [2.05, 4.69) is 20.5 Å². The highest BCUT2D eigenvalue weighted by molar-refractivity contribution is 5.89. The fourth-order valence-corrected chi connectivity index (χ4v) is 3.07. The molecule has 0 saturated heterocycles. The highest BCUT2D eigenvalue weighted by Gasteiger charge is 2.17. The molecule has 3 aromatic rings. The maximum Gasteiger partial charge on any atom is 0.249 e. The van der Waals surface area contributed by atoms with Gasteiger partial charge in [0, 0.05) is 6.42 Å². The molecule has 3 rings (SSSR count). The monoisotopic (exact) mass is 412 g/mol. The molecule has 0 unspecified atom stereocenters. The summed E-state index contributed by atoms with van der Waals surface area (Å²) in [6.07, 6.45) is 0.656. The summed E-state index contributed by atoms with van der Waals surface area (Å²) in [5.41, 5.74) is 1.58. The molecule has 9 heteroatoms. The normalized spacial score (nSPS) is 10.4. The van der Waals surface area contributed by atoms with Gasteiger partial charge in [0.05, 0.1) is 34.0 Å². The predicted molar refractivity (Wildman–Crippen MR) is 111 cm³/mol. The second-order valence-corrected chi connectivity index (χ2v) is 6.25. The largest absolute Gasteiger partial charge is 0.496 e. The van der Waals surface area contributed by atoms with Crippen LogP contribution >= 0.6 is 0 Å². The van der Waals surface area contributed by atoms with Crippen LogP contribution < -0.4 is 24.3 Å². The number of rotatable bonds is 9. The maximum atomic E-state index is 12.4. The minimum Gasteiger partial charge on any atom is -0.496 e. The zero-order valence-corrected chi connectivity index (χ0v) is 17.3. The lowest BCUT2D eigenvalue weighted by Crippen LogP contribution is -2.13. The van der Waals surface area contributed by atoms with Crippen molar-refractivity contribution in [2.45, 2.75) is 12.8 Å². The van der Waals surface area contributed by atoms with Crippen LogP contribution in [0.3, 0.4) is 0 Å². The summed E-state index contributed by atoms with van der Waals surface area (Å²) in [7, 11) is 6.23. The summed E-state index contributed by atoms with van der Waals surface area (Å²) in [6, 6.07) is 11.0. The number of carbonyl (C=O) groups excluding carboxylic acids is 1. The Morgan fingerprint density at radius 1 is 0.933 bits per heavy atom. The third-order valence-corrected chi connectivity index (χ3v) is 4.51. The molecule has 30 heavy (non-hydrogen) atoms. The van der Waals surface area contributed by atoms with Crippen LogP contribution in [0.1, 0.15) is 12.0 Å².